The van der Waals surface area contributed by atoms with Crippen molar-refractivity contribution in [3.63, 3.8) is 0 Å². The molecule has 10 heavy (non-hydrogen) atoms. The first-order chi connectivity index (χ1) is 4.74. The molecule has 2 atom stereocenters. The molecule has 0 aromatic heterocycles. The standard InChI is InChI=1S/C8H14BO/c1-6-3-4-8(9-10)5-7(6)2/h4,6-7,10H,3,5H2,1-2H3. The van der Waals surface area contributed by atoms with E-state index in [1.54, 1.807) is 0 Å². The average Bonchev–Trinajstić information content (AvgIpc) is 1.95. The molecular formula is C8H14BO. The van der Waals surface area contributed by atoms with Crippen LogP contribution in [0.5, 0.6) is 0 Å². The van der Waals surface area contributed by atoms with Gasteiger partial charge in [-0.1, -0.05) is 25.4 Å². The summed E-state index contributed by atoms with van der Waals surface area (Å²) in [6.07, 6.45) is 4.29. The Morgan fingerprint density at radius 2 is 2.20 bits per heavy atom. The SMILES string of the molecule is CC1CC=C([B]O)CC1C. The van der Waals surface area contributed by atoms with Crippen LogP contribution in [0.2, 0.25) is 0 Å². The predicted molar refractivity (Wildman–Crippen MR) is 43.6 cm³/mol. The Hall–Kier alpha value is -0.235. The maximum Gasteiger partial charge on any atom is 0.321 e. The van der Waals surface area contributed by atoms with Gasteiger partial charge in [-0.15, -0.1) is 0 Å². The van der Waals surface area contributed by atoms with Crippen molar-refractivity contribution in [3.05, 3.63) is 11.5 Å². The van der Waals surface area contributed by atoms with Crippen molar-refractivity contribution in [2.24, 2.45) is 11.8 Å². The molecule has 0 bridgehead atoms. The first-order valence-electron chi connectivity index (χ1n) is 3.90. The number of hydrogen-bond donors (Lipinski definition) is 1. The number of hydrogen-bond acceptors (Lipinski definition) is 1. The first-order valence-corrected chi connectivity index (χ1v) is 3.90. The minimum Gasteiger partial charge on any atom is -0.450 e. The summed E-state index contributed by atoms with van der Waals surface area (Å²) in [5, 5.41) is 8.70. The van der Waals surface area contributed by atoms with E-state index in [0.29, 0.717) is 0 Å². The summed E-state index contributed by atoms with van der Waals surface area (Å²) in [6.45, 7) is 4.50. The highest BCUT2D eigenvalue weighted by atomic mass is 16.2. The lowest BCUT2D eigenvalue weighted by molar-refractivity contribution is 0.373. The molecule has 0 amide bonds. The number of allylic oxidation sites excluding steroid dienone is 2. The average molecular weight is 137 g/mol. The van der Waals surface area contributed by atoms with E-state index in [9.17, 15) is 0 Å². The van der Waals surface area contributed by atoms with Gasteiger partial charge in [0, 0.05) is 0 Å². The van der Waals surface area contributed by atoms with E-state index in [-0.39, 0.29) is 0 Å². The molecule has 1 radical (unpaired) electrons. The summed E-state index contributed by atoms with van der Waals surface area (Å²) >= 11 is 0. The summed E-state index contributed by atoms with van der Waals surface area (Å²) in [7, 11) is 1.24. The smallest absolute Gasteiger partial charge is 0.321 e. The maximum atomic E-state index is 8.70. The molecule has 1 N–H and O–H groups in total. The highest BCUT2D eigenvalue weighted by molar-refractivity contribution is 6.36. The second-order valence-electron chi connectivity index (χ2n) is 3.30. The fraction of sp³-hybridized carbons (Fsp3) is 0.750. The lowest BCUT2D eigenvalue weighted by Gasteiger charge is -2.24. The molecule has 0 aromatic carbocycles. The molecule has 1 aliphatic carbocycles. The van der Waals surface area contributed by atoms with Crippen molar-refractivity contribution in [2.75, 3.05) is 0 Å². The van der Waals surface area contributed by atoms with E-state index in [1.165, 1.54) is 7.48 Å². The molecule has 0 aliphatic heterocycles. The number of rotatable bonds is 1. The fourth-order valence-electron chi connectivity index (χ4n) is 1.33. The van der Waals surface area contributed by atoms with Gasteiger partial charge in [0.15, 0.2) is 0 Å². The van der Waals surface area contributed by atoms with Crippen LogP contribution in [0.4, 0.5) is 0 Å². The van der Waals surface area contributed by atoms with E-state index >= 15 is 0 Å². The third-order valence-corrected chi connectivity index (χ3v) is 2.45. The zero-order valence-corrected chi connectivity index (χ0v) is 6.67. The molecule has 0 spiro atoms. The van der Waals surface area contributed by atoms with Crippen LogP contribution in [0.3, 0.4) is 0 Å². The van der Waals surface area contributed by atoms with Crippen LogP contribution >= 0.6 is 0 Å². The van der Waals surface area contributed by atoms with Gasteiger partial charge in [0.2, 0.25) is 0 Å². The minimum atomic E-state index is 0.725. The third-order valence-electron chi connectivity index (χ3n) is 2.45. The quantitative estimate of drug-likeness (QED) is 0.543. The minimum absolute atomic E-state index is 0.725. The Morgan fingerprint density at radius 1 is 1.50 bits per heavy atom. The molecule has 55 valence electrons. The van der Waals surface area contributed by atoms with Gasteiger partial charge in [-0.05, 0) is 24.7 Å². The summed E-state index contributed by atoms with van der Waals surface area (Å²) < 4.78 is 0. The van der Waals surface area contributed by atoms with Crippen LogP contribution in [0.15, 0.2) is 11.5 Å². The van der Waals surface area contributed by atoms with E-state index in [4.69, 9.17) is 5.02 Å². The van der Waals surface area contributed by atoms with Crippen LogP contribution in [-0.2, 0) is 0 Å². The summed E-state index contributed by atoms with van der Waals surface area (Å²) in [6, 6.07) is 0. The Kier molecular flexibility index (Phi) is 2.55. The molecule has 0 saturated carbocycles. The van der Waals surface area contributed by atoms with Crippen LogP contribution in [-0.4, -0.2) is 12.5 Å². The zero-order valence-electron chi connectivity index (χ0n) is 6.67. The van der Waals surface area contributed by atoms with Crippen molar-refractivity contribution in [2.45, 2.75) is 26.7 Å². The highest BCUT2D eigenvalue weighted by Crippen LogP contribution is 2.27. The third kappa shape index (κ3) is 1.63. The molecule has 2 heteroatoms. The van der Waals surface area contributed by atoms with Crippen LogP contribution in [0.25, 0.3) is 0 Å². The molecule has 1 rings (SSSR count). The molecule has 0 fully saturated rings. The Morgan fingerprint density at radius 3 is 2.70 bits per heavy atom. The van der Waals surface area contributed by atoms with Crippen molar-refractivity contribution in [3.8, 4) is 0 Å². The maximum absolute atomic E-state index is 8.70. The van der Waals surface area contributed by atoms with E-state index < -0.39 is 0 Å². The van der Waals surface area contributed by atoms with Crippen molar-refractivity contribution in [1.82, 2.24) is 0 Å². The van der Waals surface area contributed by atoms with Gasteiger partial charge in [0.05, 0.1) is 0 Å². The molecule has 0 aromatic rings. The normalized spacial score (nSPS) is 33.3. The first kappa shape index (κ1) is 7.87. The zero-order chi connectivity index (χ0) is 7.56. The summed E-state index contributed by atoms with van der Waals surface area (Å²) in [5.41, 5.74) is 1.10. The van der Waals surface area contributed by atoms with Crippen LogP contribution in [0.1, 0.15) is 26.7 Å². The van der Waals surface area contributed by atoms with Gasteiger partial charge in [-0.2, -0.15) is 0 Å². The van der Waals surface area contributed by atoms with Gasteiger partial charge in [0.1, 0.15) is 0 Å². The largest absolute Gasteiger partial charge is 0.450 e. The fourth-order valence-corrected chi connectivity index (χ4v) is 1.33. The van der Waals surface area contributed by atoms with E-state index in [2.05, 4.69) is 19.9 Å². The Bertz CT molecular complexity index is 142. The van der Waals surface area contributed by atoms with E-state index in [1.807, 2.05) is 0 Å². The molecule has 0 saturated heterocycles. The van der Waals surface area contributed by atoms with Gasteiger partial charge in [-0.3, -0.25) is 0 Å². The van der Waals surface area contributed by atoms with Crippen molar-refractivity contribution in [1.29, 1.82) is 0 Å². The van der Waals surface area contributed by atoms with Gasteiger partial charge < -0.3 is 5.02 Å². The van der Waals surface area contributed by atoms with Gasteiger partial charge in [0.25, 0.3) is 0 Å². The van der Waals surface area contributed by atoms with Crippen LogP contribution in [0, 0.1) is 11.8 Å². The topological polar surface area (TPSA) is 20.2 Å². The highest BCUT2D eigenvalue weighted by Gasteiger charge is 2.17. The second kappa shape index (κ2) is 3.24. The van der Waals surface area contributed by atoms with E-state index in [0.717, 1.165) is 30.1 Å². The molecular weight excluding hydrogens is 123 g/mol. The monoisotopic (exact) mass is 137 g/mol. The van der Waals surface area contributed by atoms with Gasteiger partial charge >= 0.3 is 7.48 Å². The van der Waals surface area contributed by atoms with Crippen molar-refractivity contribution >= 4 is 7.48 Å². The summed E-state index contributed by atoms with van der Waals surface area (Å²) in [5.74, 6) is 1.51. The van der Waals surface area contributed by atoms with Crippen molar-refractivity contribution < 1.29 is 5.02 Å². The Labute approximate surface area is 63.4 Å². The second-order valence-corrected chi connectivity index (χ2v) is 3.30. The lowest BCUT2D eigenvalue weighted by Crippen LogP contribution is -2.15. The molecule has 1 aliphatic rings. The predicted octanol–water partition coefficient (Wildman–Crippen LogP) is 1.55. The van der Waals surface area contributed by atoms with Crippen LogP contribution < -0.4 is 0 Å². The van der Waals surface area contributed by atoms with Gasteiger partial charge in [-0.25, -0.2) is 0 Å². The molecule has 1 nitrogen and oxygen atoms in total. The molecule has 2 unspecified atom stereocenters. The molecule has 0 heterocycles. The summed E-state index contributed by atoms with van der Waals surface area (Å²) in [4.78, 5) is 0. The Balaban J connectivity index is 2.52. The lowest BCUT2D eigenvalue weighted by atomic mass is 9.72.